The lowest BCUT2D eigenvalue weighted by molar-refractivity contribution is 0.0185. The van der Waals surface area contributed by atoms with Crippen LogP contribution in [0.1, 0.15) is 20.3 Å². The number of ether oxygens (including phenoxy) is 2. The molecule has 0 fully saturated rings. The van der Waals surface area contributed by atoms with Crippen LogP contribution in [0.5, 0.6) is 0 Å². The SMILES string of the molecule is COCCn1cc(NCCC(C)(C)OC)cn1. The molecule has 0 aliphatic carbocycles. The molecule has 0 spiro atoms. The molecule has 0 aromatic carbocycles. The molecule has 5 heteroatoms. The minimum Gasteiger partial charge on any atom is -0.383 e. The first kappa shape index (κ1) is 14.0. The van der Waals surface area contributed by atoms with Gasteiger partial charge in [0.15, 0.2) is 0 Å². The molecule has 5 nitrogen and oxygen atoms in total. The first-order chi connectivity index (χ1) is 8.07. The molecule has 1 heterocycles. The highest BCUT2D eigenvalue weighted by molar-refractivity contribution is 5.37. The zero-order chi connectivity index (χ0) is 12.7. The Morgan fingerprint density at radius 2 is 2.18 bits per heavy atom. The lowest BCUT2D eigenvalue weighted by atomic mass is 10.1. The molecular formula is C12H23N3O2. The highest BCUT2D eigenvalue weighted by atomic mass is 16.5. The van der Waals surface area contributed by atoms with Crippen LogP contribution in [0.25, 0.3) is 0 Å². The number of nitrogens with one attached hydrogen (secondary N) is 1. The fraction of sp³-hybridized carbons (Fsp3) is 0.750. The van der Waals surface area contributed by atoms with Gasteiger partial charge in [0.25, 0.3) is 0 Å². The van der Waals surface area contributed by atoms with Gasteiger partial charge in [0, 0.05) is 27.0 Å². The summed E-state index contributed by atoms with van der Waals surface area (Å²) in [6, 6.07) is 0. The fourth-order valence-corrected chi connectivity index (χ4v) is 1.37. The minimum absolute atomic E-state index is 0.0843. The third-order valence-electron chi connectivity index (χ3n) is 2.77. The van der Waals surface area contributed by atoms with E-state index in [0.29, 0.717) is 6.61 Å². The van der Waals surface area contributed by atoms with Crippen molar-refractivity contribution in [3.8, 4) is 0 Å². The van der Waals surface area contributed by atoms with Gasteiger partial charge in [0.2, 0.25) is 0 Å². The Morgan fingerprint density at radius 1 is 1.41 bits per heavy atom. The fourth-order valence-electron chi connectivity index (χ4n) is 1.37. The van der Waals surface area contributed by atoms with Crippen molar-refractivity contribution in [1.29, 1.82) is 0 Å². The van der Waals surface area contributed by atoms with Crippen molar-refractivity contribution in [3.63, 3.8) is 0 Å². The number of hydrogen-bond acceptors (Lipinski definition) is 4. The summed E-state index contributed by atoms with van der Waals surface area (Å²) in [4.78, 5) is 0. The Morgan fingerprint density at radius 3 is 2.82 bits per heavy atom. The predicted octanol–water partition coefficient (Wildman–Crippen LogP) is 1.76. The van der Waals surface area contributed by atoms with E-state index in [1.807, 2.05) is 17.1 Å². The molecule has 0 atom stereocenters. The van der Waals surface area contributed by atoms with Gasteiger partial charge < -0.3 is 14.8 Å². The summed E-state index contributed by atoms with van der Waals surface area (Å²) in [6.45, 7) is 6.49. The molecule has 0 saturated carbocycles. The Balaban J connectivity index is 2.30. The second-order valence-electron chi connectivity index (χ2n) is 4.63. The zero-order valence-electron chi connectivity index (χ0n) is 11.2. The second-order valence-corrected chi connectivity index (χ2v) is 4.63. The van der Waals surface area contributed by atoms with Crippen LogP contribution in [-0.2, 0) is 16.0 Å². The van der Waals surface area contributed by atoms with Crippen molar-refractivity contribution >= 4 is 5.69 Å². The van der Waals surface area contributed by atoms with E-state index in [-0.39, 0.29) is 5.60 Å². The second kappa shape index (κ2) is 6.61. The number of anilines is 1. The van der Waals surface area contributed by atoms with Crippen LogP contribution in [0.4, 0.5) is 5.69 Å². The smallest absolute Gasteiger partial charge is 0.0726 e. The molecule has 0 aliphatic heterocycles. The molecule has 0 bridgehead atoms. The van der Waals surface area contributed by atoms with E-state index in [4.69, 9.17) is 9.47 Å². The summed E-state index contributed by atoms with van der Waals surface area (Å²) >= 11 is 0. The van der Waals surface area contributed by atoms with Gasteiger partial charge in [-0.25, -0.2) is 0 Å². The van der Waals surface area contributed by atoms with Gasteiger partial charge in [0.1, 0.15) is 0 Å². The monoisotopic (exact) mass is 241 g/mol. The molecule has 1 N–H and O–H groups in total. The van der Waals surface area contributed by atoms with E-state index in [1.165, 1.54) is 0 Å². The molecule has 0 radical (unpaired) electrons. The Labute approximate surface area is 103 Å². The molecule has 98 valence electrons. The summed E-state index contributed by atoms with van der Waals surface area (Å²) < 4.78 is 12.2. The van der Waals surface area contributed by atoms with Crippen molar-refractivity contribution in [2.45, 2.75) is 32.4 Å². The summed E-state index contributed by atoms with van der Waals surface area (Å²) in [7, 11) is 3.43. The maximum absolute atomic E-state index is 5.36. The van der Waals surface area contributed by atoms with E-state index in [1.54, 1.807) is 14.2 Å². The number of rotatable bonds is 8. The topological polar surface area (TPSA) is 48.3 Å². The normalized spacial score (nSPS) is 11.8. The van der Waals surface area contributed by atoms with Crippen LogP contribution in [0.2, 0.25) is 0 Å². The standard InChI is InChI=1S/C12H23N3O2/c1-12(2,17-4)5-6-13-11-9-14-15(10-11)7-8-16-3/h9-10,13H,5-8H2,1-4H3. The average molecular weight is 241 g/mol. The Kier molecular flexibility index (Phi) is 5.44. The lowest BCUT2D eigenvalue weighted by Gasteiger charge is -2.22. The molecular weight excluding hydrogens is 218 g/mol. The minimum atomic E-state index is -0.0843. The molecule has 1 aromatic heterocycles. The van der Waals surface area contributed by atoms with E-state index >= 15 is 0 Å². The molecule has 0 saturated heterocycles. The third kappa shape index (κ3) is 5.19. The quantitative estimate of drug-likeness (QED) is 0.753. The van der Waals surface area contributed by atoms with Crippen LogP contribution in [-0.4, -0.2) is 42.8 Å². The van der Waals surface area contributed by atoms with E-state index in [9.17, 15) is 0 Å². The molecule has 1 aromatic rings. The highest BCUT2D eigenvalue weighted by Crippen LogP contribution is 2.13. The van der Waals surface area contributed by atoms with Crippen LogP contribution < -0.4 is 5.32 Å². The molecule has 0 unspecified atom stereocenters. The molecule has 17 heavy (non-hydrogen) atoms. The highest BCUT2D eigenvalue weighted by Gasteiger charge is 2.15. The summed E-state index contributed by atoms with van der Waals surface area (Å²) in [6.07, 6.45) is 4.76. The van der Waals surface area contributed by atoms with Crippen molar-refractivity contribution in [2.75, 3.05) is 32.7 Å². The van der Waals surface area contributed by atoms with Crippen LogP contribution >= 0.6 is 0 Å². The van der Waals surface area contributed by atoms with Gasteiger partial charge in [-0.15, -0.1) is 0 Å². The maximum atomic E-state index is 5.36. The van der Waals surface area contributed by atoms with E-state index in [0.717, 1.165) is 25.2 Å². The molecule has 0 aliphatic rings. The van der Waals surface area contributed by atoms with Crippen LogP contribution in [0.3, 0.4) is 0 Å². The lowest BCUT2D eigenvalue weighted by Crippen LogP contribution is -2.25. The first-order valence-electron chi connectivity index (χ1n) is 5.88. The Bertz CT molecular complexity index is 323. The van der Waals surface area contributed by atoms with Crippen molar-refractivity contribution in [2.24, 2.45) is 0 Å². The Hall–Kier alpha value is -1.07. The van der Waals surface area contributed by atoms with Gasteiger partial charge in [-0.1, -0.05) is 0 Å². The summed E-state index contributed by atoms with van der Waals surface area (Å²) in [5.74, 6) is 0. The van der Waals surface area contributed by atoms with Gasteiger partial charge in [-0.05, 0) is 20.3 Å². The van der Waals surface area contributed by atoms with Crippen LogP contribution in [0.15, 0.2) is 12.4 Å². The number of methoxy groups -OCH3 is 2. The summed E-state index contributed by atoms with van der Waals surface area (Å²) in [5.41, 5.74) is 0.951. The predicted molar refractivity (Wildman–Crippen MR) is 68.3 cm³/mol. The molecule has 0 amide bonds. The van der Waals surface area contributed by atoms with Crippen molar-refractivity contribution in [1.82, 2.24) is 9.78 Å². The number of aromatic nitrogens is 2. The number of nitrogens with zero attached hydrogens (tertiary/aromatic N) is 2. The van der Waals surface area contributed by atoms with Gasteiger partial charge in [-0.2, -0.15) is 5.10 Å². The zero-order valence-corrected chi connectivity index (χ0v) is 11.2. The maximum Gasteiger partial charge on any atom is 0.0726 e. The van der Waals surface area contributed by atoms with E-state index in [2.05, 4.69) is 24.3 Å². The van der Waals surface area contributed by atoms with Gasteiger partial charge >= 0.3 is 0 Å². The van der Waals surface area contributed by atoms with Crippen LogP contribution in [0, 0.1) is 0 Å². The largest absolute Gasteiger partial charge is 0.383 e. The molecule has 1 rings (SSSR count). The van der Waals surface area contributed by atoms with Gasteiger partial charge in [0.05, 0.1) is 30.6 Å². The van der Waals surface area contributed by atoms with Crippen molar-refractivity contribution in [3.05, 3.63) is 12.4 Å². The van der Waals surface area contributed by atoms with Gasteiger partial charge in [-0.3, -0.25) is 4.68 Å². The van der Waals surface area contributed by atoms with E-state index < -0.39 is 0 Å². The third-order valence-corrected chi connectivity index (χ3v) is 2.77. The van der Waals surface area contributed by atoms with Crippen molar-refractivity contribution < 1.29 is 9.47 Å². The summed E-state index contributed by atoms with van der Waals surface area (Å²) in [5, 5.41) is 7.56. The first-order valence-corrected chi connectivity index (χ1v) is 5.88. The number of hydrogen-bond donors (Lipinski definition) is 1. The average Bonchev–Trinajstić information content (AvgIpc) is 2.74.